The highest BCUT2D eigenvalue weighted by Crippen LogP contribution is 2.19. The fraction of sp³-hybridized carbons (Fsp3) is 0.312. The Morgan fingerprint density at radius 1 is 1.29 bits per heavy atom. The van der Waals surface area contributed by atoms with E-state index in [4.69, 9.17) is 4.74 Å². The smallest absolute Gasteiger partial charge is 0.167 e. The molecular formula is C16H18N4O. The Morgan fingerprint density at radius 3 is 2.81 bits per heavy atom. The molecule has 0 aliphatic carbocycles. The third-order valence-electron chi connectivity index (χ3n) is 3.24. The normalized spacial score (nSPS) is 10.0. The molecule has 0 atom stereocenters. The molecule has 0 amide bonds. The number of nitrogens with zero attached hydrogens (tertiary/aromatic N) is 3. The van der Waals surface area contributed by atoms with Gasteiger partial charge in [0.05, 0.1) is 12.3 Å². The number of ether oxygens (including phenoxy) is 1. The van der Waals surface area contributed by atoms with Gasteiger partial charge in [-0.2, -0.15) is 10.4 Å². The van der Waals surface area contributed by atoms with Crippen molar-refractivity contribution in [2.24, 2.45) is 0 Å². The van der Waals surface area contributed by atoms with Crippen molar-refractivity contribution in [2.75, 3.05) is 11.9 Å². The molecule has 0 bridgehead atoms. The van der Waals surface area contributed by atoms with Crippen molar-refractivity contribution >= 4 is 5.82 Å². The van der Waals surface area contributed by atoms with Crippen LogP contribution >= 0.6 is 0 Å². The molecule has 1 heterocycles. The first-order valence-corrected chi connectivity index (χ1v) is 6.85. The standard InChI is InChI=1S/C16H18N4O/c1-4-21-14-7-5-6-13(8-14)10-18-16-15(9-17)11(2)12(3)19-20-16/h5-8H,4,10H2,1-3H3,(H,18,20). The summed E-state index contributed by atoms with van der Waals surface area (Å²) in [4.78, 5) is 0. The fourth-order valence-electron chi connectivity index (χ4n) is 1.97. The maximum absolute atomic E-state index is 9.26. The van der Waals surface area contributed by atoms with Crippen LogP contribution in [0.25, 0.3) is 0 Å². The zero-order valence-corrected chi connectivity index (χ0v) is 12.5. The van der Waals surface area contributed by atoms with Crippen LogP contribution in [0.15, 0.2) is 24.3 Å². The van der Waals surface area contributed by atoms with Crippen LogP contribution in [0.5, 0.6) is 5.75 Å². The molecule has 0 aliphatic heterocycles. The van der Waals surface area contributed by atoms with Crippen LogP contribution in [-0.4, -0.2) is 16.8 Å². The van der Waals surface area contributed by atoms with Gasteiger partial charge in [0.1, 0.15) is 17.4 Å². The summed E-state index contributed by atoms with van der Waals surface area (Å²) in [6, 6.07) is 10.0. The molecule has 0 fully saturated rings. The Hall–Kier alpha value is -2.61. The molecule has 0 radical (unpaired) electrons. The molecule has 0 aliphatic rings. The van der Waals surface area contributed by atoms with Gasteiger partial charge in [-0.25, -0.2) is 0 Å². The van der Waals surface area contributed by atoms with Gasteiger partial charge in [0.2, 0.25) is 0 Å². The molecule has 0 saturated carbocycles. The maximum atomic E-state index is 9.26. The second kappa shape index (κ2) is 6.71. The number of hydrogen-bond acceptors (Lipinski definition) is 5. The highest BCUT2D eigenvalue weighted by Gasteiger charge is 2.10. The van der Waals surface area contributed by atoms with E-state index in [0.717, 1.165) is 22.6 Å². The predicted molar refractivity (Wildman–Crippen MR) is 81.2 cm³/mol. The van der Waals surface area contributed by atoms with Gasteiger partial charge in [-0.05, 0) is 44.0 Å². The van der Waals surface area contributed by atoms with Crippen LogP contribution in [0.4, 0.5) is 5.82 Å². The molecule has 5 nitrogen and oxygen atoms in total. The lowest BCUT2D eigenvalue weighted by Gasteiger charge is -2.10. The Balaban J connectivity index is 2.15. The van der Waals surface area contributed by atoms with Crippen molar-refractivity contribution in [1.29, 1.82) is 5.26 Å². The van der Waals surface area contributed by atoms with E-state index in [0.29, 0.717) is 24.5 Å². The second-order valence-corrected chi connectivity index (χ2v) is 4.68. The van der Waals surface area contributed by atoms with E-state index in [1.807, 2.05) is 45.0 Å². The van der Waals surface area contributed by atoms with Crippen LogP contribution in [-0.2, 0) is 6.54 Å². The van der Waals surface area contributed by atoms with Crippen LogP contribution < -0.4 is 10.1 Å². The zero-order chi connectivity index (χ0) is 15.2. The van der Waals surface area contributed by atoms with Crippen molar-refractivity contribution in [3.05, 3.63) is 46.6 Å². The van der Waals surface area contributed by atoms with Crippen LogP contribution in [0.1, 0.15) is 29.3 Å². The van der Waals surface area contributed by atoms with Crippen molar-refractivity contribution in [1.82, 2.24) is 10.2 Å². The predicted octanol–water partition coefficient (Wildman–Crippen LogP) is 2.98. The number of aromatic nitrogens is 2. The molecule has 1 N–H and O–H groups in total. The first-order chi connectivity index (χ1) is 10.2. The van der Waals surface area contributed by atoms with E-state index >= 15 is 0 Å². The van der Waals surface area contributed by atoms with E-state index in [1.54, 1.807) is 0 Å². The Bertz CT molecular complexity index is 676. The zero-order valence-electron chi connectivity index (χ0n) is 12.5. The van der Waals surface area contributed by atoms with E-state index in [1.165, 1.54) is 0 Å². The lowest BCUT2D eigenvalue weighted by atomic mass is 10.1. The monoisotopic (exact) mass is 282 g/mol. The molecule has 108 valence electrons. The van der Waals surface area contributed by atoms with Crippen LogP contribution in [0, 0.1) is 25.2 Å². The summed E-state index contributed by atoms with van der Waals surface area (Å²) < 4.78 is 5.47. The summed E-state index contributed by atoms with van der Waals surface area (Å²) in [5.74, 6) is 1.35. The third kappa shape index (κ3) is 3.48. The summed E-state index contributed by atoms with van der Waals surface area (Å²) >= 11 is 0. The molecule has 1 aromatic carbocycles. The van der Waals surface area contributed by atoms with Crippen molar-refractivity contribution in [3.63, 3.8) is 0 Å². The van der Waals surface area contributed by atoms with Gasteiger partial charge in [0, 0.05) is 6.54 Å². The molecule has 21 heavy (non-hydrogen) atoms. The van der Waals surface area contributed by atoms with Gasteiger partial charge in [-0.3, -0.25) is 0 Å². The molecular weight excluding hydrogens is 264 g/mol. The third-order valence-corrected chi connectivity index (χ3v) is 3.24. The molecule has 2 aromatic rings. The Kier molecular flexibility index (Phi) is 4.72. The lowest BCUT2D eigenvalue weighted by molar-refractivity contribution is 0.340. The first-order valence-electron chi connectivity index (χ1n) is 6.85. The summed E-state index contributed by atoms with van der Waals surface area (Å²) in [6.07, 6.45) is 0. The van der Waals surface area contributed by atoms with Gasteiger partial charge in [-0.15, -0.1) is 5.10 Å². The van der Waals surface area contributed by atoms with E-state index < -0.39 is 0 Å². The SMILES string of the molecule is CCOc1cccc(CNc2nnc(C)c(C)c2C#N)c1. The van der Waals surface area contributed by atoms with Crippen LogP contribution in [0.3, 0.4) is 0 Å². The molecule has 5 heteroatoms. The maximum Gasteiger partial charge on any atom is 0.167 e. The molecule has 0 saturated heterocycles. The average Bonchev–Trinajstić information content (AvgIpc) is 2.49. The number of rotatable bonds is 5. The summed E-state index contributed by atoms with van der Waals surface area (Å²) in [5.41, 5.74) is 3.24. The quantitative estimate of drug-likeness (QED) is 0.912. The Morgan fingerprint density at radius 2 is 2.10 bits per heavy atom. The number of aryl methyl sites for hydroxylation is 1. The highest BCUT2D eigenvalue weighted by molar-refractivity contribution is 5.56. The summed E-state index contributed by atoms with van der Waals surface area (Å²) in [6.45, 7) is 6.88. The van der Waals surface area contributed by atoms with Crippen molar-refractivity contribution < 1.29 is 4.74 Å². The van der Waals surface area contributed by atoms with Gasteiger partial charge in [0.25, 0.3) is 0 Å². The lowest BCUT2D eigenvalue weighted by Crippen LogP contribution is -2.07. The van der Waals surface area contributed by atoms with Crippen molar-refractivity contribution in [3.8, 4) is 11.8 Å². The van der Waals surface area contributed by atoms with E-state index in [2.05, 4.69) is 21.6 Å². The minimum atomic E-state index is 0.516. The van der Waals surface area contributed by atoms with Gasteiger partial charge in [0.15, 0.2) is 5.82 Å². The van der Waals surface area contributed by atoms with Crippen molar-refractivity contribution in [2.45, 2.75) is 27.3 Å². The molecule has 0 unspecified atom stereocenters. The first kappa shape index (κ1) is 14.8. The number of nitriles is 1. The van der Waals surface area contributed by atoms with Crippen LogP contribution in [0.2, 0.25) is 0 Å². The number of benzene rings is 1. The molecule has 0 spiro atoms. The summed E-state index contributed by atoms with van der Waals surface area (Å²) in [7, 11) is 0. The highest BCUT2D eigenvalue weighted by atomic mass is 16.5. The minimum Gasteiger partial charge on any atom is -0.494 e. The summed E-state index contributed by atoms with van der Waals surface area (Å²) in [5, 5.41) is 20.6. The molecule has 1 aromatic heterocycles. The minimum absolute atomic E-state index is 0.516. The number of nitrogens with one attached hydrogen (secondary N) is 1. The van der Waals surface area contributed by atoms with E-state index in [9.17, 15) is 5.26 Å². The largest absolute Gasteiger partial charge is 0.494 e. The topological polar surface area (TPSA) is 70.8 Å². The fourth-order valence-corrected chi connectivity index (χ4v) is 1.97. The second-order valence-electron chi connectivity index (χ2n) is 4.68. The number of hydrogen-bond donors (Lipinski definition) is 1. The van der Waals surface area contributed by atoms with Gasteiger partial charge >= 0.3 is 0 Å². The average molecular weight is 282 g/mol. The van der Waals surface area contributed by atoms with Gasteiger partial charge in [-0.1, -0.05) is 12.1 Å². The Labute approximate surface area is 124 Å². The molecule has 2 rings (SSSR count). The van der Waals surface area contributed by atoms with E-state index in [-0.39, 0.29) is 0 Å². The number of anilines is 1. The van der Waals surface area contributed by atoms with Gasteiger partial charge < -0.3 is 10.1 Å².